The number of ether oxygens (including phenoxy) is 2. The molecule has 0 saturated heterocycles. The summed E-state index contributed by atoms with van der Waals surface area (Å²) < 4.78 is 33.9. The van der Waals surface area contributed by atoms with Crippen molar-refractivity contribution in [2.45, 2.75) is 26.4 Å². The average Bonchev–Trinajstić information content (AvgIpc) is 2.34. The van der Waals surface area contributed by atoms with Crippen LogP contribution in [-0.4, -0.2) is 36.7 Å². The Hall–Kier alpha value is -1.50. The standard InChI is InChI=1S/C11H17F2N3O2/c1-3-4-14-9-5-11(18-6-8(12)13)16-10(15-9)7-17-2/h5,8H,3-4,6-7H2,1-2H3,(H,14,15,16). The first-order valence-corrected chi connectivity index (χ1v) is 5.67. The van der Waals surface area contributed by atoms with Crippen LogP contribution in [0.25, 0.3) is 0 Å². The highest BCUT2D eigenvalue weighted by Gasteiger charge is 2.08. The van der Waals surface area contributed by atoms with Crippen molar-refractivity contribution in [1.82, 2.24) is 9.97 Å². The van der Waals surface area contributed by atoms with Gasteiger partial charge in [0.25, 0.3) is 6.43 Å². The van der Waals surface area contributed by atoms with E-state index in [-0.39, 0.29) is 12.5 Å². The Labute approximate surface area is 105 Å². The molecule has 1 N–H and O–H groups in total. The molecular formula is C11H17F2N3O2. The van der Waals surface area contributed by atoms with Crippen molar-refractivity contribution in [3.63, 3.8) is 0 Å². The van der Waals surface area contributed by atoms with Crippen molar-refractivity contribution in [3.8, 4) is 5.88 Å². The average molecular weight is 261 g/mol. The molecule has 1 rings (SSSR count). The second kappa shape index (κ2) is 7.75. The van der Waals surface area contributed by atoms with Crippen LogP contribution in [0.4, 0.5) is 14.6 Å². The second-order valence-electron chi connectivity index (χ2n) is 3.57. The Bertz CT molecular complexity index is 364. The van der Waals surface area contributed by atoms with Gasteiger partial charge in [0.15, 0.2) is 12.4 Å². The van der Waals surface area contributed by atoms with Gasteiger partial charge in [-0.1, -0.05) is 6.92 Å². The first-order valence-electron chi connectivity index (χ1n) is 5.67. The molecule has 0 amide bonds. The topological polar surface area (TPSA) is 56.3 Å². The third-order valence-electron chi connectivity index (χ3n) is 1.94. The van der Waals surface area contributed by atoms with Gasteiger partial charge in [0, 0.05) is 19.7 Å². The van der Waals surface area contributed by atoms with E-state index >= 15 is 0 Å². The zero-order valence-corrected chi connectivity index (χ0v) is 10.4. The number of hydrogen-bond acceptors (Lipinski definition) is 5. The summed E-state index contributed by atoms with van der Waals surface area (Å²) in [5, 5.41) is 3.05. The third kappa shape index (κ3) is 5.22. The molecule has 0 atom stereocenters. The molecule has 7 heteroatoms. The third-order valence-corrected chi connectivity index (χ3v) is 1.94. The van der Waals surface area contributed by atoms with E-state index < -0.39 is 13.0 Å². The number of anilines is 1. The minimum Gasteiger partial charge on any atom is -0.471 e. The highest BCUT2D eigenvalue weighted by molar-refractivity contribution is 5.38. The molecule has 0 aliphatic rings. The fraction of sp³-hybridized carbons (Fsp3) is 0.636. The van der Waals surface area contributed by atoms with Crippen LogP contribution < -0.4 is 10.1 Å². The maximum Gasteiger partial charge on any atom is 0.272 e. The van der Waals surface area contributed by atoms with Crippen LogP contribution >= 0.6 is 0 Å². The van der Waals surface area contributed by atoms with Gasteiger partial charge in [0.2, 0.25) is 5.88 Å². The van der Waals surface area contributed by atoms with Crippen LogP contribution in [0.2, 0.25) is 0 Å². The summed E-state index contributed by atoms with van der Waals surface area (Å²) in [5.41, 5.74) is 0. The monoisotopic (exact) mass is 261 g/mol. The molecule has 0 radical (unpaired) electrons. The number of nitrogens with zero attached hydrogens (tertiary/aromatic N) is 2. The smallest absolute Gasteiger partial charge is 0.272 e. The number of halogens is 2. The number of rotatable bonds is 8. The fourth-order valence-electron chi connectivity index (χ4n) is 1.23. The largest absolute Gasteiger partial charge is 0.471 e. The van der Waals surface area contributed by atoms with Crippen molar-refractivity contribution in [2.75, 3.05) is 25.6 Å². The lowest BCUT2D eigenvalue weighted by molar-refractivity contribution is 0.0790. The van der Waals surface area contributed by atoms with E-state index in [9.17, 15) is 8.78 Å². The van der Waals surface area contributed by atoms with Crippen molar-refractivity contribution < 1.29 is 18.3 Å². The lowest BCUT2D eigenvalue weighted by Crippen LogP contribution is -2.11. The summed E-state index contributed by atoms with van der Waals surface area (Å²) in [7, 11) is 1.51. The minimum absolute atomic E-state index is 0.121. The molecule has 1 heterocycles. The Morgan fingerprint density at radius 1 is 1.39 bits per heavy atom. The van der Waals surface area contributed by atoms with E-state index in [2.05, 4.69) is 15.3 Å². The first kappa shape index (κ1) is 14.6. The van der Waals surface area contributed by atoms with Crippen LogP contribution in [0.1, 0.15) is 19.2 Å². The van der Waals surface area contributed by atoms with Gasteiger partial charge in [-0.2, -0.15) is 4.98 Å². The van der Waals surface area contributed by atoms with Crippen LogP contribution in [0.3, 0.4) is 0 Å². The van der Waals surface area contributed by atoms with Gasteiger partial charge in [0.1, 0.15) is 12.4 Å². The molecule has 0 aromatic carbocycles. The van der Waals surface area contributed by atoms with E-state index in [1.54, 1.807) is 0 Å². The molecule has 18 heavy (non-hydrogen) atoms. The van der Waals surface area contributed by atoms with Gasteiger partial charge >= 0.3 is 0 Å². The molecule has 0 aliphatic carbocycles. The molecule has 1 aromatic heterocycles. The number of hydrogen-bond donors (Lipinski definition) is 1. The summed E-state index contributed by atoms with van der Waals surface area (Å²) in [5.74, 6) is 1.06. The highest BCUT2D eigenvalue weighted by Crippen LogP contribution is 2.15. The SMILES string of the molecule is CCCNc1cc(OCC(F)F)nc(COC)n1. The zero-order valence-electron chi connectivity index (χ0n) is 10.4. The van der Waals surface area contributed by atoms with Crippen LogP contribution in [0, 0.1) is 0 Å². The molecule has 0 spiro atoms. The van der Waals surface area contributed by atoms with E-state index in [1.165, 1.54) is 13.2 Å². The Morgan fingerprint density at radius 3 is 2.78 bits per heavy atom. The predicted octanol–water partition coefficient (Wildman–Crippen LogP) is 2.09. The van der Waals surface area contributed by atoms with Gasteiger partial charge in [-0.15, -0.1) is 0 Å². The Kier molecular flexibility index (Phi) is 6.27. The summed E-state index contributed by atoms with van der Waals surface area (Å²) in [6, 6.07) is 1.50. The van der Waals surface area contributed by atoms with Crippen molar-refractivity contribution in [2.24, 2.45) is 0 Å². The quantitative estimate of drug-likeness (QED) is 0.776. The fourth-order valence-corrected chi connectivity index (χ4v) is 1.23. The van der Waals surface area contributed by atoms with E-state index in [0.717, 1.165) is 13.0 Å². The molecule has 102 valence electrons. The van der Waals surface area contributed by atoms with Gasteiger partial charge in [-0.25, -0.2) is 13.8 Å². The van der Waals surface area contributed by atoms with E-state index in [4.69, 9.17) is 9.47 Å². The summed E-state index contributed by atoms with van der Waals surface area (Å²) in [6.45, 7) is 2.26. The molecule has 0 unspecified atom stereocenters. The minimum atomic E-state index is -2.53. The summed E-state index contributed by atoms with van der Waals surface area (Å²) >= 11 is 0. The summed E-state index contributed by atoms with van der Waals surface area (Å²) in [6.07, 6.45) is -1.60. The molecule has 5 nitrogen and oxygen atoms in total. The van der Waals surface area contributed by atoms with Crippen molar-refractivity contribution in [3.05, 3.63) is 11.9 Å². The second-order valence-corrected chi connectivity index (χ2v) is 3.57. The predicted molar refractivity (Wildman–Crippen MR) is 63.0 cm³/mol. The molecule has 0 bridgehead atoms. The number of nitrogens with one attached hydrogen (secondary N) is 1. The highest BCUT2D eigenvalue weighted by atomic mass is 19.3. The lowest BCUT2D eigenvalue weighted by atomic mass is 10.4. The first-order chi connectivity index (χ1) is 8.65. The normalized spacial score (nSPS) is 10.7. The molecule has 1 aromatic rings. The molecule has 0 saturated carbocycles. The number of aromatic nitrogens is 2. The maximum absolute atomic E-state index is 12.1. The summed E-state index contributed by atoms with van der Waals surface area (Å²) in [4.78, 5) is 8.14. The molecule has 0 fully saturated rings. The van der Waals surface area contributed by atoms with E-state index in [0.29, 0.717) is 11.6 Å². The van der Waals surface area contributed by atoms with Gasteiger partial charge in [-0.3, -0.25) is 0 Å². The maximum atomic E-state index is 12.1. The van der Waals surface area contributed by atoms with Gasteiger partial charge < -0.3 is 14.8 Å². The van der Waals surface area contributed by atoms with Gasteiger partial charge in [0.05, 0.1) is 0 Å². The Morgan fingerprint density at radius 2 is 2.17 bits per heavy atom. The van der Waals surface area contributed by atoms with Crippen molar-refractivity contribution >= 4 is 5.82 Å². The molecular weight excluding hydrogens is 244 g/mol. The molecule has 0 aliphatic heterocycles. The van der Waals surface area contributed by atoms with E-state index in [1.807, 2.05) is 6.92 Å². The number of alkyl halides is 2. The van der Waals surface area contributed by atoms with Crippen LogP contribution in [0.5, 0.6) is 5.88 Å². The van der Waals surface area contributed by atoms with Gasteiger partial charge in [-0.05, 0) is 6.42 Å². The number of methoxy groups -OCH3 is 1. The van der Waals surface area contributed by atoms with Crippen LogP contribution in [0.15, 0.2) is 6.07 Å². The zero-order chi connectivity index (χ0) is 13.4. The Balaban J connectivity index is 2.76. The lowest BCUT2D eigenvalue weighted by Gasteiger charge is -2.10. The van der Waals surface area contributed by atoms with Crippen LogP contribution in [-0.2, 0) is 11.3 Å². The van der Waals surface area contributed by atoms with Crippen molar-refractivity contribution in [1.29, 1.82) is 0 Å².